The van der Waals surface area contributed by atoms with Gasteiger partial charge >= 0.3 is 5.97 Å². The highest BCUT2D eigenvalue weighted by Crippen LogP contribution is 2.36. The summed E-state index contributed by atoms with van der Waals surface area (Å²) in [5, 5.41) is 10.8. The van der Waals surface area contributed by atoms with Crippen LogP contribution in [-0.2, 0) is 24.1 Å². The Hall–Kier alpha value is -1.96. The van der Waals surface area contributed by atoms with Crippen molar-refractivity contribution < 1.29 is 14.6 Å². The van der Waals surface area contributed by atoms with E-state index >= 15 is 0 Å². The minimum atomic E-state index is -0.379. The molecule has 0 atom stereocenters. The summed E-state index contributed by atoms with van der Waals surface area (Å²) in [5.74, 6) is 0.302. The Morgan fingerprint density at radius 3 is 2.81 bits per heavy atom. The number of rotatable bonds is 6. The fourth-order valence-corrected chi connectivity index (χ4v) is 4.39. The van der Waals surface area contributed by atoms with Crippen LogP contribution in [0.2, 0.25) is 0 Å². The Kier molecular flexibility index (Phi) is 6.14. The van der Waals surface area contributed by atoms with Crippen LogP contribution in [0, 0.1) is 0 Å². The standard InChI is InChI=1S/C20H21BrN2O3S/c1-3-26-20(25)19-14-8-18(24)15(21)9-16(14)23(2)17(19)11-27-13-6-4-5-12(7-13)10-22/h4-9,24H,3,10-11,22H2,1-2H3. The zero-order valence-electron chi connectivity index (χ0n) is 15.2. The molecule has 2 aromatic carbocycles. The van der Waals surface area contributed by atoms with Crippen LogP contribution in [0.3, 0.4) is 0 Å². The van der Waals surface area contributed by atoms with E-state index in [4.69, 9.17) is 10.5 Å². The number of thioether (sulfide) groups is 1. The van der Waals surface area contributed by atoms with Gasteiger partial charge in [0, 0.05) is 35.3 Å². The van der Waals surface area contributed by atoms with E-state index in [1.165, 1.54) is 0 Å². The molecule has 0 aliphatic rings. The highest BCUT2D eigenvalue weighted by atomic mass is 79.9. The Morgan fingerprint density at radius 1 is 1.33 bits per heavy atom. The number of esters is 1. The fraction of sp³-hybridized carbons (Fsp3) is 0.250. The van der Waals surface area contributed by atoms with E-state index in [0.29, 0.717) is 34.3 Å². The quantitative estimate of drug-likeness (QED) is 0.426. The molecule has 1 heterocycles. The number of carbonyl (C=O) groups excluding carboxylic acids is 1. The van der Waals surface area contributed by atoms with Crippen molar-refractivity contribution in [2.45, 2.75) is 24.1 Å². The molecule has 0 fully saturated rings. The number of halogens is 1. The second-order valence-corrected chi connectivity index (χ2v) is 7.97. The third-order valence-corrected chi connectivity index (χ3v) is 6.02. The van der Waals surface area contributed by atoms with Crippen LogP contribution in [0.15, 0.2) is 45.8 Å². The SMILES string of the molecule is CCOC(=O)c1c(CSc2cccc(CN)c2)n(C)c2cc(Br)c(O)cc12. The number of hydrogen-bond donors (Lipinski definition) is 2. The summed E-state index contributed by atoms with van der Waals surface area (Å²) in [6.45, 7) is 2.57. The lowest BCUT2D eigenvalue weighted by Crippen LogP contribution is -2.08. The van der Waals surface area contributed by atoms with E-state index < -0.39 is 0 Å². The number of aryl methyl sites for hydroxylation is 1. The van der Waals surface area contributed by atoms with E-state index in [2.05, 4.69) is 22.0 Å². The molecule has 3 rings (SSSR count). The van der Waals surface area contributed by atoms with E-state index in [1.807, 2.05) is 35.9 Å². The summed E-state index contributed by atoms with van der Waals surface area (Å²) in [6, 6.07) is 11.5. The van der Waals surface area contributed by atoms with Crippen LogP contribution < -0.4 is 5.73 Å². The number of aromatic nitrogens is 1. The molecule has 0 spiro atoms. The van der Waals surface area contributed by atoms with Crippen molar-refractivity contribution in [3.05, 3.63) is 57.7 Å². The summed E-state index contributed by atoms with van der Waals surface area (Å²) in [4.78, 5) is 13.7. The molecule has 3 aromatic rings. The molecule has 0 unspecified atom stereocenters. The molecule has 5 nitrogen and oxygen atoms in total. The molecule has 0 radical (unpaired) electrons. The number of carbonyl (C=O) groups is 1. The van der Waals surface area contributed by atoms with Gasteiger partial charge in [-0.15, -0.1) is 11.8 Å². The van der Waals surface area contributed by atoms with Gasteiger partial charge in [-0.1, -0.05) is 12.1 Å². The number of ether oxygens (including phenoxy) is 1. The number of benzene rings is 2. The topological polar surface area (TPSA) is 77.5 Å². The monoisotopic (exact) mass is 448 g/mol. The zero-order valence-corrected chi connectivity index (χ0v) is 17.6. The Labute approximate surface area is 170 Å². The Bertz CT molecular complexity index is 1000. The molecule has 3 N–H and O–H groups in total. The maximum Gasteiger partial charge on any atom is 0.340 e. The lowest BCUT2D eigenvalue weighted by atomic mass is 10.1. The first kappa shape index (κ1) is 19.8. The highest BCUT2D eigenvalue weighted by molar-refractivity contribution is 9.10. The first-order chi connectivity index (χ1) is 13.0. The van der Waals surface area contributed by atoms with Gasteiger partial charge in [-0.3, -0.25) is 0 Å². The van der Waals surface area contributed by atoms with Crippen LogP contribution in [-0.4, -0.2) is 22.2 Å². The minimum absolute atomic E-state index is 0.0912. The molecular weight excluding hydrogens is 428 g/mol. The van der Waals surface area contributed by atoms with E-state index in [0.717, 1.165) is 21.7 Å². The molecule has 0 aliphatic heterocycles. The first-order valence-corrected chi connectivity index (χ1v) is 10.3. The molecule has 7 heteroatoms. The zero-order chi connectivity index (χ0) is 19.6. The van der Waals surface area contributed by atoms with Crippen molar-refractivity contribution in [1.82, 2.24) is 4.57 Å². The molecule has 27 heavy (non-hydrogen) atoms. The molecule has 1 aromatic heterocycles. The third kappa shape index (κ3) is 4.00. The normalized spacial score (nSPS) is 11.1. The molecular formula is C20H21BrN2O3S. The third-order valence-electron chi connectivity index (χ3n) is 4.38. The minimum Gasteiger partial charge on any atom is -0.507 e. The average molecular weight is 449 g/mol. The van der Waals surface area contributed by atoms with Gasteiger partial charge in [0.1, 0.15) is 5.75 Å². The lowest BCUT2D eigenvalue weighted by molar-refractivity contribution is 0.0527. The number of nitrogens with zero attached hydrogens (tertiary/aromatic N) is 1. The number of phenols is 1. The van der Waals surface area contributed by atoms with Gasteiger partial charge in [-0.05, 0) is 52.7 Å². The van der Waals surface area contributed by atoms with Crippen molar-refractivity contribution >= 4 is 44.6 Å². The first-order valence-electron chi connectivity index (χ1n) is 8.55. The van der Waals surface area contributed by atoms with Crippen LogP contribution >= 0.6 is 27.7 Å². The van der Waals surface area contributed by atoms with Crippen LogP contribution in [0.1, 0.15) is 28.5 Å². The van der Waals surface area contributed by atoms with Crippen molar-refractivity contribution in [3.63, 3.8) is 0 Å². The summed E-state index contributed by atoms with van der Waals surface area (Å²) in [5.41, 5.74) is 9.00. The van der Waals surface area contributed by atoms with E-state index in [9.17, 15) is 9.90 Å². The van der Waals surface area contributed by atoms with Crippen molar-refractivity contribution in [2.24, 2.45) is 12.8 Å². The average Bonchev–Trinajstić information content (AvgIpc) is 2.92. The number of hydrogen-bond acceptors (Lipinski definition) is 5. The number of phenolic OH excluding ortho intramolecular Hbond substituents is 1. The fourth-order valence-electron chi connectivity index (χ4n) is 3.01. The molecule has 0 saturated heterocycles. The number of aromatic hydroxyl groups is 1. The van der Waals surface area contributed by atoms with Gasteiger partial charge in [0.05, 0.1) is 22.2 Å². The second-order valence-electron chi connectivity index (χ2n) is 6.06. The molecule has 0 saturated carbocycles. The molecule has 0 bridgehead atoms. The highest BCUT2D eigenvalue weighted by Gasteiger charge is 2.23. The number of nitrogens with two attached hydrogens (primary N) is 1. The van der Waals surface area contributed by atoms with Crippen molar-refractivity contribution in [2.75, 3.05) is 6.61 Å². The molecule has 0 aliphatic carbocycles. The predicted molar refractivity (Wildman–Crippen MR) is 112 cm³/mol. The maximum absolute atomic E-state index is 12.6. The molecule has 142 valence electrons. The van der Waals surface area contributed by atoms with Crippen molar-refractivity contribution in [3.8, 4) is 5.75 Å². The summed E-state index contributed by atoms with van der Waals surface area (Å²) >= 11 is 4.98. The van der Waals surface area contributed by atoms with Crippen LogP contribution in [0.5, 0.6) is 5.75 Å². The maximum atomic E-state index is 12.6. The van der Waals surface area contributed by atoms with Crippen LogP contribution in [0.4, 0.5) is 0 Å². The van der Waals surface area contributed by atoms with E-state index in [1.54, 1.807) is 24.8 Å². The smallest absolute Gasteiger partial charge is 0.340 e. The van der Waals surface area contributed by atoms with Gasteiger partial charge in [0.15, 0.2) is 0 Å². The van der Waals surface area contributed by atoms with Gasteiger partial charge in [-0.2, -0.15) is 0 Å². The van der Waals surface area contributed by atoms with Gasteiger partial charge < -0.3 is 20.1 Å². The van der Waals surface area contributed by atoms with Gasteiger partial charge in [-0.25, -0.2) is 4.79 Å². The van der Waals surface area contributed by atoms with Gasteiger partial charge in [0.25, 0.3) is 0 Å². The summed E-state index contributed by atoms with van der Waals surface area (Å²) in [7, 11) is 1.92. The van der Waals surface area contributed by atoms with Crippen molar-refractivity contribution in [1.29, 1.82) is 0 Å². The predicted octanol–water partition coefficient (Wildman–Crippen LogP) is 4.57. The Balaban J connectivity index is 2.05. The Morgan fingerprint density at radius 2 is 2.11 bits per heavy atom. The summed E-state index contributed by atoms with van der Waals surface area (Å²) in [6.07, 6.45) is 0. The van der Waals surface area contributed by atoms with E-state index in [-0.39, 0.29) is 11.7 Å². The second kappa shape index (κ2) is 8.37. The number of fused-ring (bicyclic) bond motifs is 1. The summed E-state index contributed by atoms with van der Waals surface area (Å²) < 4.78 is 7.84. The van der Waals surface area contributed by atoms with Gasteiger partial charge in [0.2, 0.25) is 0 Å². The lowest BCUT2D eigenvalue weighted by Gasteiger charge is -2.08. The molecule has 0 amide bonds. The van der Waals surface area contributed by atoms with Crippen LogP contribution in [0.25, 0.3) is 10.9 Å². The largest absolute Gasteiger partial charge is 0.507 e.